The number of carbonyl (C=O) groups is 2. The van der Waals surface area contributed by atoms with Crippen LogP contribution in [0.4, 0.5) is 4.79 Å². The molecule has 3 aromatic rings. The van der Waals surface area contributed by atoms with Gasteiger partial charge in [0.15, 0.2) is 6.29 Å². The number of aryl methyl sites for hydroxylation is 2. The van der Waals surface area contributed by atoms with Gasteiger partial charge >= 0.3 is 6.09 Å². The summed E-state index contributed by atoms with van der Waals surface area (Å²) in [6.07, 6.45) is 1.79. The van der Waals surface area contributed by atoms with Crippen LogP contribution in [0.5, 0.6) is 5.75 Å². The summed E-state index contributed by atoms with van der Waals surface area (Å²) in [7, 11) is 1.66. The largest absolute Gasteiger partial charge is 0.491 e. The molecule has 158 valence electrons. The number of hydrogen-bond donors (Lipinski definition) is 2. The number of pyridine rings is 2. The fourth-order valence-corrected chi connectivity index (χ4v) is 3.74. The molecule has 1 amide bonds. The summed E-state index contributed by atoms with van der Waals surface area (Å²) in [5.74, 6) is 0.565. The van der Waals surface area contributed by atoms with E-state index in [1.165, 1.54) is 4.57 Å². The van der Waals surface area contributed by atoms with E-state index in [1.807, 2.05) is 13.8 Å². The van der Waals surface area contributed by atoms with Crippen molar-refractivity contribution in [3.05, 3.63) is 46.0 Å². The highest BCUT2D eigenvalue weighted by Crippen LogP contribution is 2.29. The van der Waals surface area contributed by atoms with Crippen molar-refractivity contribution in [2.45, 2.75) is 33.2 Å². The summed E-state index contributed by atoms with van der Waals surface area (Å²) < 4.78 is 7.35. The zero-order valence-corrected chi connectivity index (χ0v) is 17.4. The Bertz CT molecular complexity index is 1180. The van der Waals surface area contributed by atoms with Crippen LogP contribution in [0.25, 0.3) is 21.7 Å². The molecule has 2 heterocycles. The van der Waals surface area contributed by atoms with Gasteiger partial charge in [0.05, 0.1) is 28.2 Å². The molecule has 0 fully saturated rings. The molecule has 1 aromatic carbocycles. The van der Waals surface area contributed by atoms with E-state index in [2.05, 4.69) is 10.3 Å². The van der Waals surface area contributed by atoms with E-state index in [0.717, 1.165) is 10.8 Å². The SMILES string of the molecule is Cc1nccc2c1c(=O)n(C)c1cc(OCC(CC(C)C)NC(=O)O)c(C=O)cc21. The first kappa shape index (κ1) is 21.3. The number of aldehydes is 1. The predicted molar refractivity (Wildman–Crippen MR) is 115 cm³/mol. The lowest BCUT2D eigenvalue weighted by molar-refractivity contribution is 0.111. The van der Waals surface area contributed by atoms with Gasteiger partial charge in [0.25, 0.3) is 5.56 Å². The first-order valence-electron chi connectivity index (χ1n) is 9.72. The standard InChI is InChI=1S/C22H25N3O5/c1-12(2)7-15(24-22(28)29)11-30-19-9-18-17(8-14(19)10-26)16-5-6-23-13(3)20(16)21(27)25(18)4/h5-6,8-10,12,15,24H,7,11H2,1-4H3,(H,28,29). The number of nitrogens with one attached hydrogen (secondary N) is 1. The topological polar surface area (TPSA) is 111 Å². The number of aromatic nitrogens is 2. The van der Waals surface area contributed by atoms with Gasteiger partial charge in [0.1, 0.15) is 12.4 Å². The number of carboxylic acid groups (broad SMARTS) is 1. The van der Waals surface area contributed by atoms with E-state index in [-0.39, 0.29) is 18.1 Å². The Kier molecular flexibility index (Phi) is 6.05. The van der Waals surface area contributed by atoms with Crippen molar-refractivity contribution in [3.63, 3.8) is 0 Å². The number of benzene rings is 1. The lowest BCUT2D eigenvalue weighted by atomic mass is 10.0. The number of rotatable bonds is 7. The Hall–Kier alpha value is -3.42. The van der Waals surface area contributed by atoms with Gasteiger partial charge in [0, 0.05) is 24.7 Å². The summed E-state index contributed by atoms with van der Waals surface area (Å²) in [5, 5.41) is 13.5. The number of carbonyl (C=O) groups excluding carboxylic acids is 1. The quantitative estimate of drug-likeness (QED) is 0.456. The van der Waals surface area contributed by atoms with E-state index in [9.17, 15) is 14.4 Å². The average molecular weight is 411 g/mol. The van der Waals surface area contributed by atoms with E-state index in [4.69, 9.17) is 9.84 Å². The molecule has 0 aliphatic rings. The fraction of sp³-hybridized carbons (Fsp3) is 0.364. The number of amides is 1. The summed E-state index contributed by atoms with van der Waals surface area (Å²) in [6, 6.07) is 4.69. The molecule has 0 saturated heterocycles. The fourth-order valence-electron chi connectivity index (χ4n) is 3.74. The van der Waals surface area contributed by atoms with Crippen molar-refractivity contribution in [2.75, 3.05) is 6.61 Å². The Morgan fingerprint density at radius 1 is 1.33 bits per heavy atom. The predicted octanol–water partition coefficient (Wildman–Crippen LogP) is 3.27. The molecule has 30 heavy (non-hydrogen) atoms. The van der Waals surface area contributed by atoms with Crippen LogP contribution in [0.1, 0.15) is 36.3 Å². The van der Waals surface area contributed by atoms with Crippen molar-refractivity contribution in [1.29, 1.82) is 0 Å². The average Bonchev–Trinajstić information content (AvgIpc) is 2.68. The lowest BCUT2D eigenvalue weighted by Crippen LogP contribution is -2.39. The molecule has 0 bridgehead atoms. The minimum atomic E-state index is -1.13. The van der Waals surface area contributed by atoms with Crippen LogP contribution in [0.2, 0.25) is 0 Å². The molecule has 2 aromatic heterocycles. The number of nitrogens with zero attached hydrogens (tertiary/aromatic N) is 2. The van der Waals surface area contributed by atoms with Crippen molar-refractivity contribution >= 4 is 34.1 Å². The lowest BCUT2D eigenvalue weighted by Gasteiger charge is -2.20. The van der Waals surface area contributed by atoms with Crippen molar-refractivity contribution in [1.82, 2.24) is 14.9 Å². The zero-order chi connectivity index (χ0) is 22.0. The van der Waals surface area contributed by atoms with Crippen LogP contribution < -0.4 is 15.6 Å². The Morgan fingerprint density at radius 3 is 2.70 bits per heavy atom. The maximum Gasteiger partial charge on any atom is 0.404 e. The third kappa shape index (κ3) is 4.12. The summed E-state index contributed by atoms with van der Waals surface area (Å²) in [5.41, 5.74) is 1.39. The smallest absolute Gasteiger partial charge is 0.404 e. The molecule has 0 spiro atoms. The highest BCUT2D eigenvalue weighted by molar-refractivity contribution is 6.08. The van der Waals surface area contributed by atoms with Crippen LogP contribution in [0.15, 0.2) is 29.2 Å². The molecule has 0 aliphatic carbocycles. The molecule has 8 heteroatoms. The van der Waals surface area contributed by atoms with Crippen LogP contribution in [0, 0.1) is 12.8 Å². The molecule has 2 N–H and O–H groups in total. The molecule has 1 unspecified atom stereocenters. The van der Waals surface area contributed by atoms with E-state index in [0.29, 0.717) is 40.6 Å². The Morgan fingerprint density at radius 2 is 2.07 bits per heavy atom. The monoisotopic (exact) mass is 411 g/mol. The van der Waals surface area contributed by atoms with E-state index < -0.39 is 12.1 Å². The molecule has 0 saturated carbocycles. The van der Waals surface area contributed by atoms with Crippen molar-refractivity contribution in [3.8, 4) is 5.75 Å². The summed E-state index contributed by atoms with van der Waals surface area (Å²) >= 11 is 0. The molecular weight excluding hydrogens is 386 g/mol. The van der Waals surface area contributed by atoms with Gasteiger partial charge in [0.2, 0.25) is 0 Å². The normalized spacial score (nSPS) is 12.3. The second kappa shape index (κ2) is 8.52. The molecule has 1 atom stereocenters. The first-order chi connectivity index (χ1) is 14.2. The molecule has 8 nitrogen and oxygen atoms in total. The number of hydrogen-bond acceptors (Lipinski definition) is 5. The first-order valence-corrected chi connectivity index (χ1v) is 9.72. The van der Waals surface area contributed by atoms with Gasteiger partial charge in [-0.2, -0.15) is 0 Å². The van der Waals surface area contributed by atoms with Crippen LogP contribution in [-0.2, 0) is 7.05 Å². The van der Waals surface area contributed by atoms with E-state index >= 15 is 0 Å². The highest BCUT2D eigenvalue weighted by atomic mass is 16.5. The second-order valence-corrected chi connectivity index (χ2v) is 7.80. The van der Waals surface area contributed by atoms with Crippen LogP contribution >= 0.6 is 0 Å². The van der Waals surface area contributed by atoms with Gasteiger partial charge in [-0.15, -0.1) is 0 Å². The number of fused-ring (bicyclic) bond motifs is 3. The Labute approximate surface area is 173 Å². The third-order valence-electron chi connectivity index (χ3n) is 5.09. The third-order valence-corrected chi connectivity index (χ3v) is 5.09. The Balaban J connectivity index is 2.09. The van der Waals surface area contributed by atoms with Gasteiger partial charge in [-0.3, -0.25) is 14.6 Å². The molecule has 3 rings (SSSR count). The maximum atomic E-state index is 12.9. The van der Waals surface area contributed by atoms with Gasteiger partial charge in [-0.05, 0) is 36.8 Å². The molecular formula is C22H25N3O5. The zero-order valence-electron chi connectivity index (χ0n) is 17.4. The van der Waals surface area contributed by atoms with Crippen molar-refractivity contribution in [2.24, 2.45) is 13.0 Å². The molecule has 0 radical (unpaired) electrons. The van der Waals surface area contributed by atoms with Gasteiger partial charge in [-0.25, -0.2) is 4.79 Å². The second-order valence-electron chi connectivity index (χ2n) is 7.80. The van der Waals surface area contributed by atoms with Crippen LogP contribution in [0.3, 0.4) is 0 Å². The summed E-state index contributed by atoms with van der Waals surface area (Å²) in [4.78, 5) is 39.9. The van der Waals surface area contributed by atoms with Crippen LogP contribution in [-0.4, -0.2) is 39.7 Å². The molecule has 0 aliphatic heterocycles. The minimum Gasteiger partial charge on any atom is -0.491 e. The minimum absolute atomic E-state index is 0.0708. The van der Waals surface area contributed by atoms with Gasteiger partial charge in [-0.1, -0.05) is 13.8 Å². The maximum absolute atomic E-state index is 12.9. The summed E-state index contributed by atoms with van der Waals surface area (Å²) in [6.45, 7) is 5.82. The van der Waals surface area contributed by atoms with Gasteiger partial charge < -0.3 is 19.7 Å². The highest BCUT2D eigenvalue weighted by Gasteiger charge is 2.18. The van der Waals surface area contributed by atoms with E-state index in [1.54, 1.807) is 38.4 Å². The van der Waals surface area contributed by atoms with Crippen molar-refractivity contribution < 1.29 is 19.4 Å². The number of ether oxygens (including phenoxy) is 1.